The molecule has 0 spiro atoms. The van der Waals surface area contributed by atoms with Gasteiger partial charge in [0.2, 0.25) is 0 Å². The van der Waals surface area contributed by atoms with E-state index in [1.807, 2.05) is 6.26 Å². The van der Waals surface area contributed by atoms with Crippen molar-refractivity contribution in [1.29, 1.82) is 0 Å². The van der Waals surface area contributed by atoms with Crippen molar-refractivity contribution in [1.82, 2.24) is 0 Å². The highest BCUT2D eigenvalue weighted by Crippen LogP contribution is 2.50. The molecule has 3 N–H and O–H groups in total. The van der Waals surface area contributed by atoms with E-state index in [1.165, 1.54) is 37.0 Å². The second-order valence-electron chi connectivity index (χ2n) is 6.54. The molecule has 4 unspecified atom stereocenters. The molecule has 0 aromatic carbocycles. The molecule has 3 nitrogen and oxygen atoms in total. The van der Waals surface area contributed by atoms with E-state index in [0.29, 0.717) is 16.6 Å². The maximum absolute atomic E-state index is 11.7. The monoisotopic (exact) mass is 324 g/mol. The van der Waals surface area contributed by atoms with Gasteiger partial charge in [0.15, 0.2) is 5.78 Å². The van der Waals surface area contributed by atoms with E-state index in [-0.39, 0.29) is 5.78 Å². The summed E-state index contributed by atoms with van der Waals surface area (Å²) in [5, 5.41) is 4.75. The number of hydrogen-bond acceptors (Lipinski definition) is 5. The number of rotatable bonds is 5. The topological polar surface area (TPSA) is 55.1 Å². The first-order valence-electron chi connectivity index (χ1n) is 7.75. The predicted octanol–water partition coefficient (Wildman–Crippen LogP) is 4.49. The van der Waals surface area contributed by atoms with Crippen LogP contribution < -0.4 is 11.1 Å². The Labute approximate surface area is 135 Å². The highest BCUT2D eigenvalue weighted by Gasteiger charge is 2.42. The number of thioether (sulfide) groups is 1. The molecule has 2 fully saturated rings. The quantitative estimate of drug-likeness (QED) is 0.619. The second kappa shape index (κ2) is 5.84. The van der Waals surface area contributed by atoms with Crippen molar-refractivity contribution >= 4 is 39.6 Å². The predicted molar refractivity (Wildman–Crippen MR) is 92.5 cm³/mol. The average molecular weight is 325 g/mol. The van der Waals surface area contributed by atoms with Crippen molar-refractivity contribution in [2.45, 2.75) is 50.5 Å². The summed E-state index contributed by atoms with van der Waals surface area (Å²) in [5.41, 5.74) is 6.79. The van der Waals surface area contributed by atoms with Crippen LogP contribution in [0.15, 0.2) is 4.90 Å². The number of carbonyl (C=O) groups excluding carboxylic acids is 1. The molecular weight excluding hydrogens is 300 g/mol. The smallest absolute Gasteiger partial charge is 0.171 e. The summed E-state index contributed by atoms with van der Waals surface area (Å²) in [6.45, 7) is 3.88. The van der Waals surface area contributed by atoms with Gasteiger partial charge in [0.05, 0.1) is 15.5 Å². The van der Waals surface area contributed by atoms with E-state index in [2.05, 4.69) is 12.2 Å². The molecule has 1 aromatic rings. The van der Waals surface area contributed by atoms with Crippen LogP contribution in [0.4, 0.5) is 10.7 Å². The third-order valence-electron chi connectivity index (χ3n) is 5.22. The highest BCUT2D eigenvalue weighted by atomic mass is 32.2. The summed E-state index contributed by atoms with van der Waals surface area (Å²) in [7, 11) is 0. The number of nitrogens with two attached hydrogens (primary N) is 1. The zero-order chi connectivity index (χ0) is 15.1. The Hall–Kier alpha value is -0.680. The Balaban J connectivity index is 1.78. The Kier molecular flexibility index (Phi) is 4.23. The lowest BCUT2D eigenvalue weighted by molar-refractivity contribution is 0.102. The van der Waals surface area contributed by atoms with Gasteiger partial charge < -0.3 is 11.1 Å². The summed E-state index contributed by atoms with van der Waals surface area (Å²) < 4.78 is 0. The Bertz CT molecular complexity index is 555. The van der Waals surface area contributed by atoms with E-state index in [4.69, 9.17) is 5.73 Å². The fourth-order valence-corrected chi connectivity index (χ4v) is 6.22. The van der Waals surface area contributed by atoms with Crippen LogP contribution in [0.25, 0.3) is 0 Å². The molecule has 0 radical (unpaired) electrons. The number of fused-ring (bicyclic) bond motifs is 2. The van der Waals surface area contributed by atoms with Gasteiger partial charge in [-0.25, -0.2) is 0 Å². The largest absolute Gasteiger partial charge is 0.396 e. The summed E-state index contributed by atoms with van der Waals surface area (Å²) in [6, 6.07) is 0.462. The lowest BCUT2D eigenvalue weighted by atomic mass is 9.84. The van der Waals surface area contributed by atoms with Crippen molar-refractivity contribution in [3.8, 4) is 0 Å². The first-order chi connectivity index (χ1) is 10.0. The SMILES string of the molecule is CSc1c(NC(C)C2CC3CCC2C3)sc(C(C)=O)c1N. The van der Waals surface area contributed by atoms with Gasteiger partial charge in [0.1, 0.15) is 5.00 Å². The normalized spacial score (nSPS) is 28.8. The van der Waals surface area contributed by atoms with E-state index in [0.717, 1.165) is 27.7 Å². The first kappa shape index (κ1) is 15.2. The van der Waals surface area contributed by atoms with Crippen molar-refractivity contribution < 1.29 is 4.79 Å². The molecule has 0 saturated heterocycles. The summed E-state index contributed by atoms with van der Waals surface area (Å²) in [6.07, 6.45) is 7.66. The van der Waals surface area contributed by atoms with Crippen molar-refractivity contribution in [2.75, 3.05) is 17.3 Å². The summed E-state index contributed by atoms with van der Waals surface area (Å²) in [4.78, 5) is 13.4. The van der Waals surface area contributed by atoms with Crippen LogP contribution in [-0.2, 0) is 0 Å². The minimum absolute atomic E-state index is 0.0634. The number of nitrogen functional groups attached to an aromatic ring is 1. The highest BCUT2D eigenvalue weighted by molar-refractivity contribution is 7.99. The Morgan fingerprint density at radius 2 is 2.19 bits per heavy atom. The molecule has 4 atom stereocenters. The van der Waals surface area contributed by atoms with Gasteiger partial charge in [0, 0.05) is 13.0 Å². The molecule has 2 aliphatic rings. The molecule has 0 aliphatic heterocycles. The number of Topliss-reactive ketones (excluding diaryl/α,β-unsaturated/α-hetero) is 1. The number of carbonyl (C=O) groups is 1. The molecule has 0 amide bonds. The molecule has 3 rings (SSSR count). The van der Waals surface area contributed by atoms with Crippen molar-refractivity contribution in [3.63, 3.8) is 0 Å². The van der Waals surface area contributed by atoms with Crippen LogP contribution in [0.5, 0.6) is 0 Å². The second-order valence-corrected chi connectivity index (χ2v) is 8.37. The average Bonchev–Trinajstić information content (AvgIpc) is 3.12. The van der Waals surface area contributed by atoms with Gasteiger partial charge in [-0.2, -0.15) is 0 Å². The van der Waals surface area contributed by atoms with Crippen LogP contribution in [0.1, 0.15) is 49.2 Å². The van der Waals surface area contributed by atoms with Gasteiger partial charge in [-0.05, 0) is 50.2 Å². The molecule has 2 aliphatic carbocycles. The van der Waals surface area contributed by atoms with Crippen LogP contribution >= 0.6 is 23.1 Å². The molecule has 116 valence electrons. The zero-order valence-corrected chi connectivity index (χ0v) is 14.6. The van der Waals surface area contributed by atoms with Crippen molar-refractivity contribution in [3.05, 3.63) is 4.88 Å². The fraction of sp³-hybridized carbons (Fsp3) is 0.688. The van der Waals surface area contributed by atoms with Gasteiger partial charge in [-0.15, -0.1) is 23.1 Å². The van der Waals surface area contributed by atoms with E-state index >= 15 is 0 Å². The molecule has 2 bridgehead atoms. The van der Waals surface area contributed by atoms with Gasteiger partial charge >= 0.3 is 0 Å². The molecule has 2 saturated carbocycles. The van der Waals surface area contributed by atoms with Gasteiger partial charge in [0.25, 0.3) is 0 Å². The molecule has 21 heavy (non-hydrogen) atoms. The van der Waals surface area contributed by atoms with Gasteiger partial charge in [-0.1, -0.05) is 6.42 Å². The van der Waals surface area contributed by atoms with Crippen LogP contribution in [0, 0.1) is 17.8 Å². The van der Waals surface area contributed by atoms with Crippen molar-refractivity contribution in [2.24, 2.45) is 17.8 Å². The maximum Gasteiger partial charge on any atom is 0.171 e. The first-order valence-corrected chi connectivity index (χ1v) is 9.79. The molecule has 1 aromatic heterocycles. The third kappa shape index (κ3) is 2.70. The number of ketones is 1. The number of anilines is 2. The maximum atomic E-state index is 11.7. The summed E-state index contributed by atoms with van der Waals surface area (Å²) >= 11 is 3.15. The van der Waals surface area contributed by atoms with Crippen LogP contribution in [0.3, 0.4) is 0 Å². The Morgan fingerprint density at radius 3 is 2.71 bits per heavy atom. The number of nitrogens with one attached hydrogen (secondary N) is 1. The Morgan fingerprint density at radius 1 is 1.43 bits per heavy atom. The number of hydrogen-bond donors (Lipinski definition) is 2. The van der Waals surface area contributed by atoms with E-state index in [9.17, 15) is 4.79 Å². The lowest BCUT2D eigenvalue weighted by Crippen LogP contribution is -2.29. The third-order valence-corrected chi connectivity index (χ3v) is 7.42. The zero-order valence-electron chi connectivity index (χ0n) is 12.9. The number of thiophene rings is 1. The standard InChI is InChI=1S/C16H24N2OS2/c1-8(12-7-10-4-5-11(12)6-10)18-16-15(20-3)13(17)14(21-16)9(2)19/h8,10-12,18H,4-7,17H2,1-3H3. The van der Waals surface area contributed by atoms with E-state index in [1.54, 1.807) is 18.7 Å². The molecular formula is C16H24N2OS2. The fourth-order valence-electron chi connectivity index (χ4n) is 4.21. The van der Waals surface area contributed by atoms with Crippen LogP contribution in [-0.4, -0.2) is 18.1 Å². The minimum Gasteiger partial charge on any atom is -0.396 e. The van der Waals surface area contributed by atoms with Crippen LogP contribution in [0.2, 0.25) is 0 Å². The minimum atomic E-state index is 0.0634. The lowest BCUT2D eigenvalue weighted by Gasteiger charge is -2.29. The molecule has 1 heterocycles. The molecule has 5 heteroatoms. The van der Waals surface area contributed by atoms with Gasteiger partial charge in [-0.3, -0.25) is 4.79 Å². The van der Waals surface area contributed by atoms with E-state index < -0.39 is 0 Å². The summed E-state index contributed by atoms with van der Waals surface area (Å²) in [5.74, 6) is 2.71.